The third-order valence-electron chi connectivity index (χ3n) is 7.05. The topological polar surface area (TPSA) is 105 Å². The molecule has 2 amide bonds. The summed E-state index contributed by atoms with van der Waals surface area (Å²) in [7, 11) is -1.44. The number of ether oxygens (including phenoxy) is 2. The summed E-state index contributed by atoms with van der Waals surface area (Å²) in [6.45, 7) is 6.57. The Hall–Kier alpha value is -3.47. The highest BCUT2D eigenvalue weighted by molar-refractivity contribution is 7.92. The molecule has 0 aromatic heterocycles. The number of nitrogens with zero attached hydrogens (tertiary/aromatic N) is 2. The molecule has 3 aromatic rings. The fraction of sp³-hybridized carbons (Fsp3) is 0.355. The Morgan fingerprint density at radius 3 is 2.19 bits per heavy atom. The number of nitrogens with one attached hydrogen (secondary N) is 1. The summed E-state index contributed by atoms with van der Waals surface area (Å²) in [5.41, 5.74) is 1.58. The zero-order valence-corrected chi connectivity index (χ0v) is 27.4. The molecule has 1 N–H and O–H groups in total. The molecule has 2 atom stereocenters. The van der Waals surface area contributed by atoms with Gasteiger partial charge < -0.3 is 19.7 Å². The van der Waals surface area contributed by atoms with Crippen molar-refractivity contribution in [2.75, 3.05) is 25.1 Å². The number of carbonyl (C=O) groups excluding carboxylic acids is 2. The van der Waals surface area contributed by atoms with E-state index in [1.807, 2.05) is 20.8 Å². The maximum Gasteiger partial charge on any atom is 0.264 e. The second kappa shape index (κ2) is 14.8. The van der Waals surface area contributed by atoms with Gasteiger partial charge in [-0.05, 0) is 69.2 Å². The number of rotatable bonds is 13. The van der Waals surface area contributed by atoms with Crippen molar-refractivity contribution in [1.29, 1.82) is 0 Å². The molecule has 0 aliphatic carbocycles. The fourth-order valence-electron chi connectivity index (χ4n) is 4.23. The zero-order valence-electron chi connectivity index (χ0n) is 25.1. The summed E-state index contributed by atoms with van der Waals surface area (Å²) < 4.78 is 40.1. The van der Waals surface area contributed by atoms with Crippen molar-refractivity contribution >= 4 is 50.7 Å². The van der Waals surface area contributed by atoms with Crippen LogP contribution in [0.15, 0.2) is 65.6 Å². The normalized spacial score (nSPS) is 12.7. The van der Waals surface area contributed by atoms with Crippen LogP contribution in [0.1, 0.15) is 38.3 Å². The molecule has 0 aliphatic heterocycles. The summed E-state index contributed by atoms with van der Waals surface area (Å²) in [5.74, 6) is -0.433. The maximum absolute atomic E-state index is 14.2. The number of benzene rings is 3. The molecule has 0 spiro atoms. The summed E-state index contributed by atoms with van der Waals surface area (Å²) in [5, 5.41) is 3.53. The molecule has 0 radical (unpaired) electrons. The van der Waals surface area contributed by atoms with Crippen LogP contribution in [-0.2, 0) is 26.2 Å². The first-order valence-corrected chi connectivity index (χ1v) is 15.9. The molecule has 43 heavy (non-hydrogen) atoms. The molecule has 12 heteroatoms. The Morgan fingerprint density at radius 2 is 1.60 bits per heavy atom. The van der Waals surface area contributed by atoms with Gasteiger partial charge in [0.1, 0.15) is 24.1 Å². The third-order valence-corrected chi connectivity index (χ3v) is 9.56. The second-order valence-corrected chi connectivity index (χ2v) is 12.8. The lowest BCUT2D eigenvalue weighted by Crippen LogP contribution is -2.52. The van der Waals surface area contributed by atoms with Gasteiger partial charge in [0.05, 0.1) is 34.8 Å². The van der Waals surface area contributed by atoms with Gasteiger partial charge in [0.15, 0.2) is 0 Å². The van der Waals surface area contributed by atoms with Crippen LogP contribution in [0.25, 0.3) is 0 Å². The van der Waals surface area contributed by atoms with Crippen LogP contribution < -0.4 is 19.1 Å². The largest absolute Gasteiger partial charge is 0.497 e. The van der Waals surface area contributed by atoms with E-state index >= 15 is 0 Å². The van der Waals surface area contributed by atoms with E-state index in [1.165, 1.54) is 37.3 Å². The van der Waals surface area contributed by atoms with E-state index in [9.17, 15) is 18.0 Å². The number of carbonyl (C=O) groups is 2. The Balaban J connectivity index is 2.13. The first kappa shape index (κ1) is 34.0. The number of anilines is 1. The number of hydrogen-bond donors (Lipinski definition) is 1. The van der Waals surface area contributed by atoms with Crippen LogP contribution in [0.3, 0.4) is 0 Å². The van der Waals surface area contributed by atoms with E-state index in [-0.39, 0.29) is 39.8 Å². The predicted octanol–water partition coefficient (Wildman–Crippen LogP) is 5.85. The van der Waals surface area contributed by atoms with E-state index in [1.54, 1.807) is 49.4 Å². The first-order valence-electron chi connectivity index (χ1n) is 13.7. The highest BCUT2D eigenvalue weighted by atomic mass is 35.5. The number of hydrogen-bond acceptors (Lipinski definition) is 6. The Labute approximate surface area is 263 Å². The number of sulfonamides is 1. The molecule has 0 fully saturated rings. The van der Waals surface area contributed by atoms with E-state index in [4.69, 9.17) is 32.7 Å². The van der Waals surface area contributed by atoms with Gasteiger partial charge in [-0.15, -0.1) is 0 Å². The molecular weight excluding hydrogens is 613 g/mol. The number of methoxy groups -OCH3 is 2. The van der Waals surface area contributed by atoms with E-state index in [2.05, 4.69) is 5.32 Å². The van der Waals surface area contributed by atoms with Crippen molar-refractivity contribution in [3.8, 4) is 11.5 Å². The van der Waals surface area contributed by atoms with Gasteiger partial charge in [0, 0.05) is 18.7 Å². The van der Waals surface area contributed by atoms with Crippen molar-refractivity contribution in [3.05, 3.63) is 81.8 Å². The van der Waals surface area contributed by atoms with Gasteiger partial charge in [0.2, 0.25) is 11.8 Å². The quantitative estimate of drug-likeness (QED) is 0.249. The van der Waals surface area contributed by atoms with E-state index in [0.717, 1.165) is 9.87 Å². The van der Waals surface area contributed by atoms with Crippen molar-refractivity contribution in [3.63, 3.8) is 0 Å². The minimum atomic E-state index is -4.30. The van der Waals surface area contributed by atoms with Crippen LogP contribution in [0.4, 0.5) is 5.69 Å². The minimum absolute atomic E-state index is 0.0191. The van der Waals surface area contributed by atoms with Gasteiger partial charge >= 0.3 is 0 Å². The lowest BCUT2D eigenvalue weighted by molar-refractivity contribution is -0.139. The van der Waals surface area contributed by atoms with Gasteiger partial charge in [-0.25, -0.2) is 8.42 Å². The fourth-order valence-corrected chi connectivity index (χ4v) is 5.96. The van der Waals surface area contributed by atoms with Crippen LogP contribution in [0.2, 0.25) is 10.0 Å². The molecule has 3 rings (SSSR count). The smallest absolute Gasteiger partial charge is 0.264 e. The minimum Gasteiger partial charge on any atom is -0.497 e. The van der Waals surface area contributed by atoms with Crippen LogP contribution in [0, 0.1) is 6.92 Å². The molecule has 0 saturated carbocycles. The SMILES string of the molecule is CC[C@@H](C)NC(=O)[C@H](C)N(Cc1ccc(Cl)c(Cl)c1)C(=O)CN(c1cc(OC)ccc1OC)S(=O)(=O)c1ccc(C)cc1. The molecule has 0 bridgehead atoms. The summed E-state index contributed by atoms with van der Waals surface area (Å²) in [6.07, 6.45) is 0.692. The molecule has 0 heterocycles. The predicted molar refractivity (Wildman–Crippen MR) is 170 cm³/mol. The molecule has 9 nitrogen and oxygen atoms in total. The highest BCUT2D eigenvalue weighted by Crippen LogP contribution is 2.36. The van der Waals surface area contributed by atoms with Gasteiger partial charge in [0.25, 0.3) is 10.0 Å². The number of aryl methyl sites for hydroxylation is 1. The van der Waals surface area contributed by atoms with Crippen LogP contribution in [0.5, 0.6) is 11.5 Å². The molecule has 0 unspecified atom stereocenters. The van der Waals surface area contributed by atoms with Crippen molar-refractivity contribution < 1.29 is 27.5 Å². The summed E-state index contributed by atoms with van der Waals surface area (Å²) in [4.78, 5) is 28.7. The number of halogens is 2. The summed E-state index contributed by atoms with van der Waals surface area (Å²) in [6, 6.07) is 14.8. The molecule has 232 valence electrons. The highest BCUT2D eigenvalue weighted by Gasteiger charge is 2.34. The molecular formula is C31H37Cl2N3O6S. The van der Waals surface area contributed by atoms with E-state index < -0.39 is 28.5 Å². The standard InChI is InChI=1S/C31H37Cl2N3O6S/c1-7-21(3)34-31(38)22(4)35(18-23-10-14-26(32)27(33)16-23)30(37)19-36(28-17-24(41-5)11-15-29(28)42-6)43(39,40)25-12-8-20(2)9-13-25/h8-17,21-22H,7,18-19H2,1-6H3,(H,34,38)/t21-,22+/m1/s1. The second-order valence-electron chi connectivity index (χ2n) is 10.1. The molecule has 0 aliphatic rings. The lowest BCUT2D eigenvalue weighted by Gasteiger charge is -2.33. The molecule has 0 saturated heterocycles. The average Bonchev–Trinajstić information content (AvgIpc) is 2.99. The third kappa shape index (κ3) is 8.34. The van der Waals surface area contributed by atoms with Gasteiger partial charge in [-0.3, -0.25) is 13.9 Å². The number of amides is 2. The average molecular weight is 651 g/mol. The van der Waals surface area contributed by atoms with Crippen molar-refractivity contribution in [2.45, 2.75) is 57.6 Å². The van der Waals surface area contributed by atoms with Crippen LogP contribution in [-0.4, -0.2) is 58.0 Å². The van der Waals surface area contributed by atoms with Crippen molar-refractivity contribution in [1.82, 2.24) is 10.2 Å². The van der Waals surface area contributed by atoms with Gasteiger partial charge in [-0.2, -0.15) is 0 Å². The van der Waals surface area contributed by atoms with E-state index in [0.29, 0.717) is 22.8 Å². The van der Waals surface area contributed by atoms with Crippen molar-refractivity contribution in [2.24, 2.45) is 0 Å². The Bertz CT molecular complexity index is 1550. The zero-order chi connectivity index (χ0) is 31.9. The lowest BCUT2D eigenvalue weighted by atomic mass is 10.1. The maximum atomic E-state index is 14.2. The first-order chi connectivity index (χ1) is 20.3. The van der Waals surface area contributed by atoms with Crippen LogP contribution >= 0.6 is 23.2 Å². The monoisotopic (exact) mass is 649 g/mol. The van der Waals surface area contributed by atoms with Gasteiger partial charge in [-0.1, -0.05) is 53.9 Å². The Morgan fingerprint density at radius 1 is 0.930 bits per heavy atom. The summed E-state index contributed by atoms with van der Waals surface area (Å²) >= 11 is 12.3. The molecule has 3 aromatic carbocycles. The Kier molecular flexibility index (Phi) is 11.7.